The Kier molecular flexibility index (Phi) is 4.73. The zero-order valence-electron chi connectivity index (χ0n) is 10.3. The quantitative estimate of drug-likeness (QED) is 0.458. The van der Waals surface area contributed by atoms with Crippen molar-refractivity contribution in [2.24, 2.45) is 0 Å². The Morgan fingerprint density at radius 2 is 2.00 bits per heavy atom. The summed E-state index contributed by atoms with van der Waals surface area (Å²) >= 11 is 7.63. The van der Waals surface area contributed by atoms with Gasteiger partial charge in [-0.1, -0.05) is 11.6 Å². The van der Waals surface area contributed by atoms with Crippen LogP contribution in [0.25, 0.3) is 0 Å². The van der Waals surface area contributed by atoms with E-state index in [2.05, 4.69) is 5.32 Å². The van der Waals surface area contributed by atoms with Gasteiger partial charge in [-0.2, -0.15) is 0 Å². The summed E-state index contributed by atoms with van der Waals surface area (Å²) in [6.45, 7) is 0. The Balaban J connectivity index is 2.30. The van der Waals surface area contributed by atoms with Gasteiger partial charge in [0.05, 0.1) is 10.6 Å². The first-order valence-electron chi connectivity index (χ1n) is 5.58. The largest absolute Gasteiger partial charge is 0.321 e. The van der Waals surface area contributed by atoms with Gasteiger partial charge in [0, 0.05) is 26.3 Å². The highest BCUT2D eigenvalue weighted by molar-refractivity contribution is 14.1. The predicted molar refractivity (Wildman–Crippen MR) is 85.2 cm³/mol. The van der Waals surface area contributed by atoms with Crippen LogP contribution in [0.1, 0.15) is 10.4 Å². The van der Waals surface area contributed by atoms with Crippen LogP contribution in [0, 0.1) is 19.5 Å². The Morgan fingerprint density at radius 1 is 1.29 bits per heavy atom. The lowest BCUT2D eigenvalue weighted by molar-refractivity contribution is -0.384. The minimum Gasteiger partial charge on any atom is -0.321 e. The molecule has 21 heavy (non-hydrogen) atoms. The molecule has 0 fully saturated rings. The number of halogens is 3. The number of anilines is 1. The molecule has 0 heterocycles. The summed E-state index contributed by atoms with van der Waals surface area (Å²) in [5.74, 6) is -0.985. The molecular formula is C13H7ClFIN2O3. The second-order valence-corrected chi connectivity index (χ2v) is 5.63. The number of amides is 1. The lowest BCUT2D eigenvalue weighted by Gasteiger charge is -2.08. The summed E-state index contributed by atoms with van der Waals surface area (Å²) in [7, 11) is 0. The molecule has 2 aromatic carbocycles. The minimum absolute atomic E-state index is 0.0503. The number of carbonyl (C=O) groups is 1. The van der Waals surface area contributed by atoms with Gasteiger partial charge in [-0.3, -0.25) is 14.9 Å². The number of carbonyl (C=O) groups excluding carboxylic acids is 1. The van der Waals surface area contributed by atoms with Crippen LogP contribution in [0.2, 0.25) is 5.02 Å². The van der Waals surface area contributed by atoms with Gasteiger partial charge in [-0.15, -0.1) is 0 Å². The highest BCUT2D eigenvalue weighted by Crippen LogP contribution is 2.23. The molecule has 0 bridgehead atoms. The second kappa shape index (κ2) is 6.35. The van der Waals surface area contributed by atoms with Crippen molar-refractivity contribution in [3.8, 4) is 0 Å². The highest BCUT2D eigenvalue weighted by Gasteiger charge is 2.15. The van der Waals surface area contributed by atoms with Gasteiger partial charge in [0.1, 0.15) is 5.82 Å². The van der Waals surface area contributed by atoms with Gasteiger partial charge >= 0.3 is 0 Å². The topological polar surface area (TPSA) is 72.2 Å². The van der Waals surface area contributed by atoms with E-state index in [-0.39, 0.29) is 16.3 Å². The maximum absolute atomic E-state index is 13.0. The fourth-order valence-electron chi connectivity index (χ4n) is 1.60. The number of nitro benzene ring substituents is 1. The van der Waals surface area contributed by atoms with E-state index in [1.54, 1.807) is 0 Å². The Hall–Kier alpha value is -1.74. The molecule has 1 amide bonds. The number of hydrogen-bond donors (Lipinski definition) is 1. The van der Waals surface area contributed by atoms with Crippen LogP contribution in [0.15, 0.2) is 36.4 Å². The van der Waals surface area contributed by atoms with Gasteiger partial charge in [0.2, 0.25) is 0 Å². The third-order valence-corrected chi connectivity index (χ3v) is 3.65. The third kappa shape index (κ3) is 3.88. The fourth-order valence-corrected chi connectivity index (χ4v) is 2.44. The number of nitrogens with zero attached hydrogens (tertiary/aromatic N) is 1. The number of hydrogen-bond acceptors (Lipinski definition) is 3. The van der Waals surface area contributed by atoms with Crippen LogP contribution in [-0.2, 0) is 0 Å². The number of benzene rings is 2. The maximum atomic E-state index is 13.0. The number of nitrogens with one attached hydrogen (secondary N) is 1. The van der Waals surface area contributed by atoms with Crippen molar-refractivity contribution in [3.63, 3.8) is 0 Å². The summed E-state index contributed by atoms with van der Waals surface area (Å²) in [6.07, 6.45) is 0. The van der Waals surface area contributed by atoms with Crippen LogP contribution < -0.4 is 5.32 Å². The fraction of sp³-hybridized carbons (Fsp3) is 0. The molecule has 1 N–H and O–H groups in total. The molecule has 0 spiro atoms. The van der Waals surface area contributed by atoms with Crippen LogP contribution in [0.5, 0.6) is 0 Å². The van der Waals surface area contributed by atoms with Gasteiger partial charge < -0.3 is 5.32 Å². The molecular weight excluding hydrogens is 414 g/mol. The molecule has 0 saturated heterocycles. The molecule has 8 heteroatoms. The molecule has 0 saturated carbocycles. The zero-order valence-corrected chi connectivity index (χ0v) is 13.2. The van der Waals surface area contributed by atoms with Crippen molar-refractivity contribution in [3.05, 3.63) is 66.5 Å². The molecule has 2 aromatic rings. The number of rotatable bonds is 3. The lowest BCUT2D eigenvalue weighted by atomic mass is 10.2. The van der Waals surface area contributed by atoms with Crippen molar-refractivity contribution in [2.75, 3.05) is 5.32 Å². The van der Waals surface area contributed by atoms with E-state index in [9.17, 15) is 19.3 Å². The summed E-state index contributed by atoms with van der Waals surface area (Å²) in [5.41, 5.74) is 0.181. The average molecular weight is 421 g/mol. The number of nitro groups is 1. The summed E-state index contributed by atoms with van der Waals surface area (Å²) < 4.78 is 13.5. The maximum Gasteiger partial charge on any atom is 0.271 e. The Morgan fingerprint density at radius 3 is 2.62 bits per heavy atom. The molecule has 108 valence electrons. The van der Waals surface area contributed by atoms with E-state index >= 15 is 0 Å². The molecule has 0 aromatic heterocycles. The smallest absolute Gasteiger partial charge is 0.271 e. The van der Waals surface area contributed by atoms with Crippen LogP contribution in [-0.4, -0.2) is 10.8 Å². The molecule has 0 aliphatic heterocycles. The number of non-ortho nitro benzene ring substituents is 1. The van der Waals surface area contributed by atoms with Gasteiger partial charge in [0.15, 0.2) is 0 Å². The van der Waals surface area contributed by atoms with E-state index in [4.69, 9.17) is 11.6 Å². The predicted octanol–water partition coefficient (Wildman–Crippen LogP) is 4.24. The van der Waals surface area contributed by atoms with Gasteiger partial charge in [0.25, 0.3) is 11.6 Å². The first-order valence-corrected chi connectivity index (χ1v) is 7.04. The lowest BCUT2D eigenvalue weighted by Crippen LogP contribution is -2.13. The van der Waals surface area contributed by atoms with Crippen LogP contribution in [0.4, 0.5) is 15.8 Å². The van der Waals surface area contributed by atoms with E-state index < -0.39 is 16.6 Å². The summed E-state index contributed by atoms with van der Waals surface area (Å²) in [4.78, 5) is 22.2. The third-order valence-electron chi connectivity index (χ3n) is 2.53. The van der Waals surface area contributed by atoms with Crippen LogP contribution in [0.3, 0.4) is 0 Å². The van der Waals surface area contributed by atoms with Gasteiger partial charge in [-0.05, 0) is 46.9 Å². The summed E-state index contributed by atoms with van der Waals surface area (Å²) in [5, 5.41) is 13.4. The molecule has 0 radical (unpaired) electrons. The van der Waals surface area contributed by atoms with Crippen molar-refractivity contribution < 1.29 is 14.1 Å². The van der Waals surface area contributed by atoms with E-state index in [1.165, 1.54) is 24.3 Å². The van der Waals surface area contributed by atoms with E-state index in [0.717, 1.165) is 12.1 Å². The van der Waals surface area contributed by atoms with Gasteiger partial charge in [-0.25, -0.2) is 4.39 Å². The van der Waals surface area contributed by atoms with Crippen molar-refractivity contribution in [2.45, 2.75) is 0 Å². The zero-order chi connectivity index (χ0) is 15.6. The standard InChI is InChI=1S/C13H7ClFIN2O3/c14-8-3-7(4-10(5-8)18(20)21)13(19)17-12-2-1-9(15)6-11(12)16/h1-6H,(H,17,19). The highest BCUT2D eigenvalue weighted by atomic mass is 127. The SMILES string of the molecule is O=C(Nc1ccc(F)cc1I)c1cc(Cl)cc([N+](=O)[O-])c1. The van der Waals surface area contributed by atoms with Crippen LogP contribution >= 0.6 is 34.2 Å². The molecule has 0 aliphatic rings. The molecule has 2 rings (SSSR count). The average Bonchev–Trinajstić information content (AvgIpc) is 2.41. The Labute approximate surface area is 137 Å². The molecule has 5 nitrogen and oxygen atoms in total. The van der Waals surface area contributed by atoms with E-state index in [0.29, 0.717) is 9.26 Å². The first kappa shape index (κ1) is 15.6. The molecule has 0 aliphatic carbocycles. The molecule has 0 atom stereocenters. The Bertz CT molecular complexity index is 739. The van der Waals surface area contributed by atoms with Crippen molar-refractivity contribution in [1.29, 1.82) is 0 Å². The molecule has 0 unspecified atom stereocenters. The monoisotopic (exact) mass is 420 g/mol. The second-order valence-electron chi connectivity index (χ2n) is 4.03. The summed E-state index contributed by atoms with van der Waals surface area (Å²) in [6, 6.07) is 7.47. The van der Waals surface area contributed by atoms with Crippen molar-refractivity contribution >= 4 is 51.5 Å². The van der Waals surface area contributed by atoms with Crippen molar-refractivity contribution in [1.82, 2.24) is 0 Å². The minimum atomic E-state index is -0.635. The normalized spacial score (nSPS) is 10.2. The van der Waals surface area contributed by atoms with E-state index in [1.807, 2.05) is 22.6 Å². The first-order chi connectivity index (χ1) is 9.86.